The molecule has 1 aromatic heterocycles. The van der Waals surface area contributed by atoms with E-state index in [0.717, 1.165) is 11.1 Å². The summed E-state index contributed by atoms with van der Waals surface area (Å²) in [6.07, 6.45) is 0. The van der Waals surface area contributed by atoms with Crippen LogP contribution in [0.5, 0.6) is 0 Å². The monoisotopic (exact) mass is 401 g/mol. The van der Waals surface area contributed by atoms with Gasteiger partial charge in [-0.15, -0.1) is 0 Å². The van der Waals surface area contributed by atoms with E-state index in [1.165, 1.54) is 16.8 Å². The Hall–Kier alpha value is -2.63. The molecule has 0 aliphatic carbocycles. The third kappa shape index (κ3) is 4.56. The molecule has 1 heterocycles. The smallest absolute Gasteiger partial charge is 0.276 e. The van der Waals surface area contributed by atoms with Crippen molar-refractivity contribution in [3.63, 3.8) is 0 Å². The number of rotatable bonds is 4. The minimum absolute atomic E-state index is 0.137. The zero-order valence-corrected chi connectivity index (χ0v) is 16.3. The molecule has 0 unspecified atom stereocenters. The molecule has 0 fully saturated rings. The van der Waals surface area contributed by atoms with E-state index in [1.54, 1.807) is 18.2 Å². The van der Waals surface area contributed by atoms with Crippen LogP contribution in [-0.4, -0.2) is 15.7 Å². The number of nitrogens with one attached hydrogen (secondary N) is 1. The Balaban J connectivity index is 1.84. The van der Waals surface area contributed by atoms with E-state index in [2.05, 4.69) is 10.4 Å². The molecule has 138 valence electrons. The molecule has 0 aliphatic rings. The molecule has 0 atom stereocenters. The highest BCUT2D eigenvalue weighted by molar-refractivity contribution is 6.35. The Morgan fingerprint density at radius 1 is 1.04 bits per heavy atom. The number of benzene rings is 2. The molecule has 0 aliphatic heterocycles. The van der Waals surface area contributed by atoms with Gasteiger partial charge in [0.1, 0.15) is 5.69 Å². The van der Waals surface area contributed by atoms with Crippen molar-refractivity contribution in [2.24, 2.45) is 0 Å². The topological polar surface area (TPSA) is 64.0 Å². The minimum Gasteiger partial charge on any atom is -0.321 e. The van der Waals surface area contributed by atoms with Crippen LogP contribution in [0.25, 0.3) is 0 Å². The van der Waals surface area contributed by atoms with Crippen LogP contribution in [0.2, 0.25) is 10.0 Å². The molecule has 1 amide bonds. The Labute approximate surface area is 166 Å². The molecule has 0 bridgehead atoms. The molecule has 7 heteroatoms. The van der Waals surface area contributed by atoms with E-state index in [9.17, 15) is 9.59 Å². The highest BCUT2D eigenvalue weighted by atomic mass is 35.5. The summed E-state index contributed by atoms with van der Waals surface area (Å²) in [6.45, 7) is 4.11. The number of hydrogen-bond donors (Lipinski definition) is 1. The van der Waals surface area contributed by atoms with Gasteiger partial charge in [0.15, 0.2) is 0 Å². The van der Waals surface area contributed by atoms with Gasteiger partial charge < -0.3 is 5.32 Å². The van der Waals surface area contributed by atoms with Crippen molar-refractivity contribution in [1.29, 1.82) is 0 Å². The maximum absolute atomic E-state index is 12.5. The van der Waals surface area contributed by atoms with Gasteiger partial charge in [-0.05, 0) is 60.9 Å². The number of amides is 1. The second kappa shape index (κ2) is 7.94. The first-order valence-corrected chi connectivity index (χ1v) is 9.00. The quantitative estimate of drug-likeness (QED) is 0.701. The van der Waals surface area contributed by atoms with Crippen LogP contribution in [-0.2, 0) is 6.54 Å². The molecular formula is C20H17Cl2N3O2. The van der Waals surface area contributed by atoms with E-state index in [4.69, 9.17) is 23.2 Å². The third-order valence-electron chi connectivity index (χ3n) is 4.20. The standard InChI is InChI=1S/C20H17Cl2N3O2/c1-12-3-6-16(9-13(12)2)23-20(27)18-7-8-19(26)25(24-18)11-14-4-5-15(21)10-17(14)22/h3-10H,11H2,1-2H3,(H,23,27). The second-order valence-corrected chi connectivity index (χ2v) is 7.05. The summed E-state index contributed by atoms with van der Waals surface area (Å²) < 4.78 is 1.20. The number of nitrogens with zero attached hydrogens (tertiary/aromatic N) is 2. The summed E-state index contributed by atoms with van der Waals surface area (Å²) in [4.78, 5) is 24.6. The first-order valence-electron chi connectivity index (χ1n) is 8.24. The summed E-state index contributed by atoms with van der Waals surface area (Å²) in [6, 6.07) is 13.4. The van der Waals surface area contributed by atoms with Crippen molar-refractivity contribution in [3.05, 3.63) is 91.3 Å². The number of aromatic nitrogens is 2. The second-order valence-electron chi connectivity index (χ2n) is 6.20. The Morgan fingerprint density at radius 2 is 1.81 bits per heavy atom. The van der Waals surface area contributed by atoms with Crippen molar-refractivity contribution in [1.82, 2.24) is 9.78 Å². The van der Waals surface area contributed by atoms with Crippen molar-refractivity contribution in [2.75, 3.05) is 5.32 Å². The molecule has 2 aromatic carbocycles. The predicted octanol–water partition coefficient (Wildman–Crippen LogP) is 4.47. The average Bonchev–Trinajstić information content (AvgIpc) is 2.62. The molecule has 0 saturated carbocycles. The third-order valence-corrected chi connectivity index (χ3v) is 4.79. The van der Waals surface area contributed by atoms with Gasteiger partial charge in [-0.3, -0.25) is 9.59 Å². The zero-order valence-electron chi connectivity index (χ0n) is 14.8. The van der Waals surface area contributed by atoms with Gasteiger partial charge in [0, 0.05) is 21.8 Å². The summed E-state index contributed by atoms with van der Waals surface area (Å²) in [5.41, 5.74) is 3.37. The molecule has 5 nitrogen and oxygen atoms in total. The van der Waals surface area contributed by atoms with Crippen molar-refractivity contribution in [3.8, 4) is 0 Å². The average molecular weight is 402 g/mol. The molecule has 1 N–H and O–H groups in total. The molecule has 0 radical (unpaired) electrons. The van der Waals surface area contributed by atoms with Gasteiger partial charge in [-0.25, -0.2) is 4.68 Å². The molecule has 3 rings (SSSR count). The minimum atomic E-state index is -0.394. The molecule has 0 spiro atoms. The van der Waals surface area contributed by atoms with Gasteiger partial charge in [-0.2, -0.15) is 5.10 Å². The number of anilines is 1. The van der Waals surface area contributed by atoms with Crippen LogP contribution >= 0.6 is 23.2 Å². The summed E-state index contributed by atoms with van der Waals surface area (Å²) >= 11 is 12.1. The van der Waals surface area contributed by atoms with E-state index in [1.807, 2.05) is 32.0 Å². The van der Waals surface area contributed by atoms with Crippen LogP contribution in [0.15, 0.2) is 53.3 Å². The number of carbonyl (C=O) groups excluding carboxylic acids is 1. The Morgan fingerprint density at radius 3 is 2.52 bits per heavy atom. The fourth-order valence-corrected chi connectivity index (χ4v) is 2.98. The SMILES string of the molecule is Cc1ccc(NC(=O)c2ccc(=O)n(Cc3ccc(Cl)cc3Cl)n2)cc1C. The number of hydrogen-bond acceptors (Lipinski definition) is 3. The number of carbonyl (C=O) groups is 1. The molecule has 27 heavy (non-hydrogen) atoms. The van der Waals surface area contributed by atoms with Gasteiger partial charge >= 0.3 is 0 Å². The van der Waals surface area contributed by atoms with Crippen molar-refractivity contribution in [2.45, 2.75) is 20.4 Å². The summed E-state index contributed by atoms with van der Waals surface area (Å²) in [5, 5.41) is 7.90. The van der Waals surface area contributed by atoms with Crippen LogP contribution in [0.1, 0.15) is 27.2 Å². The Kier molecular flexibility index (Phi) is 5.63. The van der Waals surface area contributed by atoms with E-state index < -0.39 is 5.91 Å². The largest absolute Gasteiger partial charge is 0.321 e. The lowest BCUT2D eigenvalue weighted by atomic mass is 10.1. The number of aryl methyl sites for hydroxylation is 2. The normalized spacial score (nSPS) is 10.7. The van der Waals surface area contributed by atoms with Gasteiger partial charge in [0.25, 0.3) is 11.5 Å². The first-order chi connectivity index (χ1) is 12.8. The highest BCUT2D eigenvalue weighted by Gasteiger charge is 2.12. The van der Waals surface area contributed by atoms with E-state index >= 15 is 0 Å². The van der Waals surface area contributed by atoms with Gasteiger partial charge in [0.05, 0.1) is 6.54 Å². The molecule has 0 saturated heterocycles. The fourth-order valence-electron chi connectivity index (χ4n) is 2.51. The van der Waals surface area contributed by atoms with Crippen molar-refractivity contribution >= 4 is 34.8 Å². The van der Waals surface area contributed by atoms with E-state index in [0.29, 0.717) is 21.3 Å². The fraction of sp³-hybridized carbons (Fsp3) is 0.150. The van der Waals surface area contributed by atoms with Crippen LogP contribution in [0, 0.1) is 13.8 Å². The molecule has 3 aromatic rings. The van der Waals surface area contributed by atoms with Crippen LogP contribution in [0.3, 0.4) is 0 Å². The summed E-state index contributed by atoms with van der Waals surface area (Å²) in [7, 11) is 0. The zero-order chi connectivity index (χ0) is 19.6. The van der Waals surface area contributed by atoms with Crippen LogP contribution in [0.4, 0.5) is 5.69 Å². The van der Waals surface area contributed by atoms with Crippen LogP contribution < -0.4 is 10.9 Å². The lowest BCUT2D eigenvalue weighted by Gasteiger charge is -2.10. The van der Waals surface area contributed by atoms with Gasteiger partial charge in [-0.1, -0.05) is 35.3 Å². The van der Waals surface area contributed by atoms with Gasteiger partial charge in [0.2, 0.25) is 0 Å². The lowest BCUT2D eigenvalue weighted by molar-refractivity contribution is 0.102. The van der Waals surface area contributed by atoms with Crippen molar-refractivity contribution < 1.29 is 4.79 Å². The number of halogens is 2. The maximum atomic E-state index is 12.5. The lowest BCUT2D eigenvalue weighted by Crippen LogP contribution is -2.26. The highest BCUT2D eigenvalue weighted by Crippen LogP contribution is 2.21. The predicted molar refractivity (Wildman–Crippen MR) is 108 cm³/mol. The maximum Gasteiger partial charge on any atom is 0.276 e. The first kappa shape index (κ1) is 19.1. The molecular weight excluding hydrogens is 385 g/mol. The van der Waals surface area contributed by atoms with E-state index in [-0.39, 0.29) is 17.8 Å². The summed E-state index contributed by atoms with van der Waals surface area (Å²) in [5.74, 6) is -0.394. The Bertz CT molecular complexity index is 1080.